The van der Waals surface area contributed by atoms with Crippen LogP contribution < -0.4 is 10.1 Å². The van der Waals surface area contributed by atoms with Gasteiger partial charge in [0.05, 0.1) is 7.11 Å². The van der Waals surface area contributed by atoms with Crippen LogP contribution in [0.15, 0.2) is 17.0 Å². The Balaban J connectivity index is 2.61. The highest BCUT2D eigenvalue weighted by Crippen LogP contribution is 2.36. The van der Waals surface area contributed by atoms with Gasteiger partial charge in [0.1, 0.15) is 16.5 Å². The van der Waals surface area contributed by atoms with Gasteiger partial charge >= 0.3 is 0 Å². The van der Waals surface area contributed by atoms with Crippen molar-refractivity contribution in [1.82, 2.24) is 5.32 Å². The van der Waals surface area contributed by atoms with E-state index in [4.69, 9.17) is 4.74 Å². The Morgan fingerprint density at radius 2 is 2.17 bits per heavy atom. The summed E-state index contributed by atoms with van der Waals surface area (Å²) in [6.07, 6.45) is 1.91. The van der Waals surface area contributed by atoms with E-state index in [9.17, 15) is 12.8 Å². The van der Waals surface area contributed by atoms with E-state index in [-0.39, 0.29) is 16.6 Å². The number of hydrogen-bond donors (Lipinski definition) is 1. The highest BCUT2D eigenvalue weighted by molar-refractivity contribution is 7.90. The summed E-state index contributed by atoms with van der Waals surface area (Å²) in [5, 5.41) is 3.17. The molecule has 18 heavy (non-hydrogen) atoms. The van der Waals surface area contributed by atoms with Gasteiger partial charge in [-0.05, 0) is 25.1 Å². The van der Waals surface area contributed by atoms with Gasteiger partial charge in [-0.15, -0.1) is 0 Å². The van der Waals surface area contributed by atoms with Crippen LogP contribution in [0.5, 0.6) is 5.75 Å². The van der Waals surface area contributed by atoms with Gasteiger partial charge in [0.2, 0.25) is 0 Å². The standard InChI is InChI=1S/C12H16FNO3S/c1-17-12-10(8-3-4-14-7-8)5-9(13)6-11(12)18(2,15)16/h5-6,8,14H,3-4,7H2,1-2H3. The first-order valence-corrected chi connectivity index (χ1v) is 7.61. The molecule has 0 saturated carbocycles. The molecule has 0 radical (unpaired) electrons. The molecule has 2 rings (SSSR count). The molecular formula is C12H16FNO3S. The van der Waals surface area contributed by atoms with Crippen LogP contribution in [0, 0.1) is 5.82 Å². The average molecular weight is 273 g/mol. The fourth-order valence-corrected chi connectivity index (χ4v) is 3.17. The van der Waals surface area contributed by atoms with Gasteiger partial charge in [0.15, 0.2) is 9.84 Å². The first-order valence-electron chi connectivity index (χ1n) is 5.71. The molecular weight excluding hydrogens is 257 g/mol. The van der Waals surface area contributed by atoms with Crippen LogP contribution in [0.1, 0.15) is 17.9 Å². The molecule has 0 spiro atoms. The molecule has 0 aliphatic carbocycles. The molecule has 1 atom stereocenters. The number of rotatable bonds is 3. The van der Waals surface area contributed by atoms with Crippen molar-refractivity contribution in [2.24, 2.45) is 0 Å². The quantitative estimate of drug-likeness (QED) is 0.902. The van der Waals surface area contributed by atoms with Crippen LogP contribution in [0.3, 0.4) is 0 Å². The Hall–Kier alpha value is -1.14. The minimum absolute atomic E-state index is 0.0769. The molecule has 4 nitrogen and oxygen atoms in total. The Labute approximate surface area is 106 Å². The van der Waals surface area contributed by atoms with Crippen LogP contribution in [-0.4, -0.2) is 34.9 Å². The molecule has 1 unspecified atom stereocenters. The van der Waals surface area contributed by atoms with E-state index in [2.05, 4.69) is 5.32 Å². The van der Waals surface area contributed by atoms with E-state index in [1.807, 2.05) is 0 Å². The topological polar surface area (TPSA) is 55.4 Å². The number of methoxy groups -OCH3 is 1. The lowest BCUT2D eigenvalue weighted by molar-refractivity contribution is 0.392. The van der Waals surface area contributed by atoms with Crippen LogP contribution >= 0.6 is 0 Å². The third-order valence-corrected chi connectivity index (χ3v) is 4.25. The summed E-state index contributed by atoms with van der Waals surface area (Å²) in [4.78, 5) is -0.0769. The van der Waals surface area contributed by atoms with E-state index in [1.54, 1.807) is 0 Å². The normalized spacial score (nSPS) is 20.1. The molecule has 1 saturated heterocycles. The summed E-state index contributed by atoms with van der Waals surface area (Å²) in [5.41, 5.74) is 0.628. The molecule has 0 amide bonds. The van der Waals surface area contributed by atoms with Crippen molar-refractivity contribution in [2.45, 2.75) is 17.2 Å². The Morgan fingerprint density at radius 3 is 2.67 bits per heavy atom. The minimum Gasteiger partial charge on any atom is -0.495 e. The molecule has 100 valence electrons. The van der Waals surface area contributed by atoms with Crippen LogP contribution in [0.2, 0.25) is 0 Å². The first kappa shape index (κ1) is 13.3. The number of benzene rings is 1. The molecule has 1 aromatic rings. The predicted octanol–water partition coefficient (Wildman–Crippen LogP) is 1.31. The van der Waals surface area contributed by atoms with Gasteiger partial charge < -0.3 is 10.1 Å². The lowest BCUT2D eigenvalue weighted by Gasteiger charge is -2.17. The first-order chi connectivity index (χ1) is 8.43. The maximum absolute atomic E-state index is 13.6. The summed E-state index contributed by atoms with van der Waals surface area (Å²) in [5.74, 6) is -0.179. The SMILES string of the molecule is COc1c(C2CCNC2)cc(F)cc1S(C)(=O)=O. The van der Waals surface area contributed by atoms with Crippen molar-refractivity contribution in [3.63, 3.8) is 0 Å². The number of hydrogen-bond acceptors (Lipinski definition) is 4. The second-order valence-electron chi connectivity index (χ2n) is 4.49. The molecule has 1 aliphatic heterocycles. The number of nitrogens with one attached hydrogen (secondary N) is 1. The third kappa shape index (κ3) is 2.49. The highest BCUT2D eigenvalue weighted by atomic mass is 32.2. The van der Waals surface area contributed by atoms with Gasteiger partial charge in [-0.25, -0.2) is 12.8 Å². The second-order valence-corrected chi connectivity index (χ2v) is 6.47. The van der Waals surface area contributed by atoms with Gasteiger partial charge in [-0.2, -0.15) is 0 Å². The maximum atomic E-state index is 13.6. The lowest BCUT2D eigenvalue weighted by atomic mass is 9.97. The molecule has 1 N–H and O–H groups in total. The average Bonchev–Trinajstić information content (AvgIpc) is 2.80. The summed E-state index contributed by atoms with van der Waals surface area (Å²) in [7, 11) is -2.10. The summed E-state index contributed by atoms with van der Waals surface area (Å²) in [6, 6.07) is 2.38. The predicted molar refractivity (Wildman–Crippen MR) is 66.3 cm³/mol. The van der Waals surface area contributed by atoms with Gasteiger partial charge in [0.25, 0.3) is 0 Å². The van der Waals surface area contributed by atoms with E-state index in [0.29, 0.717) is 12.1 Å². The van der Waals surface area contributed by atoms with Gasteiger partial charge in [-0.3, -0.25) is 0 Å². The summed E-state index contributed by atoms with van der Waals surface area (Å²) in [6.45, 7) is 1.56. The minimum atomic E-state index is -3.51. The highest BCUT2D eigenvalue weighted by Gasteiger charge is 2.26. The molecule has 1 aliphatic rings. The second kappa shape index (κ2) is 4.85. The molecule has 1 fully saturated rings. The van der Waals surface area contributed by atoms with Crippen molar-refractivity contribution in [2.75, 3.05) is 26.5 Å². The Bertz CT molecular complexity index is 551. The monoisotopic (exact) mass is 273 g/mol. The van der Waals surface area contributed by atoms with Crippen molar-refractivity contribution >= 4 is 9.84 Å². The fourth-order valence-electron chi connectivity index (χ4n) is 2.31. The Morgan fingerprint density at radius 1 is 1.44 bits per heavy atom. The zero-order valence-electron chi connectivity index (χ0n) is 10.4. The molecule has 0 aromatic heterocycles. The van der Waals surface area contributed by atoms with Crippen molar-refractivity contribution < 1.29 is 17.5 Å². The van der Waals surface area contributed by atoms with Crippen molar-refractivity contribution in [3.8, 4) is 5.75 Å². The molecule has 1 heterocycles. The van der Waals surface area contributed by atoms with Gasteiger partial charge in [-0.1, -0.05) is 0 Å². The zero-order chi connectivity index (χ0) is 13.3. The number of sulfone groups is 1. The van der Waals surface area contributed by atoms with Gasteiger partial charge in [0, 0.05) is 24.3 Å². The van der Waals surface area contributed by atoms with E-state index >= 15 is 0 Å². The Kier molecular flexibility index (Phi) is 3.59. The third-order valence-electron chi connectivity index (χ3n) is 3.15. The lowest BCUT2D eigenvalue weighted by Crippen LogP contribution is -2.11. The van der Waals surface area contributed by atoms with E-state index in [1.165, 1.54) is 13.2 Å². The van der Waals surface area contributed by atoms with Crippen LogP contribution in [-0.2, 0) is 9.84 Å². The van der Waals surface area contributed by atoms with E-state index < -0.39 is 15.7 Å². The molecule has 1 aromatic carbocycles. The smallest absolute Gasteiger partial charge is 0.179 e. The molecule has 0 bridgehead atoms. The molecule has 6 heteroatoms. The fraction of sp³-hybridized carbons (Fsp3) is 0.500. The summed E-state index contributed by atoms with van der Waals surface area (Å²) < 4.78 is 42.1. The zero-order valence-corrected chi connectivity index (χ0v) is 11.2. The van der Waals surface area contributed by atoms with Crippen LogP contribution in [0.4, 0.5) is 4.39 Å². The van der Waals surface area contributed by atoms with Crippen LogP contribution in [0.25, 0.3) is 0 Å². The maximum Gasteiger partial charge on any atom is 0.179 e. The van der Waals surface area contributed by atoms with Crippen molar-refractivity contribution in [3.05, 3.63) is 23.5 Å². The summed E-state index contributed by atoms with van der Waals surface area (Å²) >= 11 is 0. The number of ether oxygens (including phenoxy) is 1. The number of halogens is 1. The van der Waals surface area contributed by atoms with Crippen molar-refractivity contribution in [1.29, 1.82) is 0 Å². The largest absolute Gasteiger partial charge is 0.495 e. The van der Waals surface area contributed by atoms with E-state index in [0.717, 1.165) is 25.3 Å².